The fraction of sp³-hybridized carbons (Fsp3) is 0.791. The molecule has 2 unspecified atom stereocenters. The van der Waals surface area contributed by atoms with Gasteiger partial charge in [-0.3, -0.25) is 9.59 Å². The molecule has 50 heavy (non-hydrogen) atoms. The number of carbonyl (C=O) groups excluding carboxylic acids is 2. The van der Waals surface area contributed by atoms with E-state index in [1.807, 2.05) is 6.08 Å². The highest BCUT2D eigenvalue weighted by Gasteiger charge is 2.19. The number of carbonyl (C=O) groups is 3. The summed E-state index contributed by atoms with van der Waals surface area (Å²) in [6.45, 7) is 4.87. The van der Waals surface area contributed by atoms with Crippen LogP contribution in [0.1, 0.15) is 200 Å². The summed E-state index contributed by atoms with van der Waals surface area (Å²) < 4.78 is 5.89. The standard InChI is InChI=1S/C43H78N2O5/c1-3-5-7-9-11-12-13-14-15-16-17-18-19-20-21-23-25-31-37-42(47)50-39(33-28-24-22-10-8-6-4-2)34-29-26-27-30-36-41(46)45-40(43(48)49)35-32-38-44/h10,15-16,22,28,33,39-40H,3-9,11-14,17-21,23-27,29-32,34-38,44H2,1-2H3,(H,45,46)(H,48,49)/b16-15-,22-10-,33-28-. The van der Waals surface area contributed by atoms with E-state index in [9.17, 15) is 19.5 Å². The summed E-state index contributed by atoms with van der Waals surface area (Å²) in [7, 11) is 0. The smallest absolute Gasteiger partial charge is 0.326 e. The van der Waals surface area contributed by atoms with Crippen LogP contribution < -0.4 is 11.1 Å². The number of nitrogens with two attached hydrogens (primary N) is 1. The first-order valence-electron chi connectivity index (χ1n) is 20.8. The van der Waals surface area contributed by atoms with E-state index in [2.05, 4.69) is 49.5 Å². The minimum atomic E-state index is -1.02. The zero-order valence-electron chi connectivity index (χ0n) is 32.5. The number of rotatable bonds is 37. The number of hydrogen-bond acceptors (Lipinski definition) is 5. The molecule has 0 aromatic carbocycles. The van der Waals surface area contributed by atoms with Crippen LogP contribution in [-0.2, 0) is 19.1 Å². The SMILES string of the molecule is CCCC/C=C\C/C=C\C(CCCCCCC(=O)NC(CCCN)C(=O)O)OC(=O)CCCCCCCCC/C=C\CCCCCCCCC. The van der Waals surface area contributed by atoms with Gasteiger partial charge in [0.1, 0.15) is 12.1 Å². The zero-order valence-corrected chi connectivity index (χ0v) is 32.5. The molecule has 0 aromatic rings. The lowest BCUT2D eigenvalue weighted by Crippen LogP contribution is -2.40. The molecule has 0 heterocycles. The van der Waals surface area contributed by atoms with E-state index >= 15 is 0 Å². The molecular weight excluding hydrogens is 624 g/mol. The van der Waals surface area contributed by atoms with Crippen molar-refractivity contribution in [1.82, 2.24) is 5.32 Å². The minimum absolute atomic E-state index is 0.110. The van der Waals surface area contributed by atoms with Crippen molar-refractivity contribution in [3.05, 3.63) is 36.5 Å². The van der Waals surface area contributed by atoms with Crippen LogP contribution >= 0.6 is 0 Å². The van der Waals surface area contributed by atoms with Crippen molar-refractivity contribution in [3.63, 3.8) is 0 Å². The highest BCUT2D eigenvalue weighted by Crippen LogP contribution is 2.15. The van der Waals surface area contributed by atoms with Gasteiger partial charge in [-0.2, -0.15) is 0 Å². The lowest BCUT2D eigenvalue weighted by atomic mass is 10.1. The lowest BCUT2D eigenvalue weighted by Gasteiger charge is -2.15. The van der Waals surface area contributed by atoms with Crippen molar-refractivity contribution >= 4 is 17.8 Å². The molecular formula is C43H78N2O5. The molecule has 0 radical (unpaired) electrons. The zero-order chi connectivity index (χ0) is 36.8. The van der Waals surface area contributed by atoms with E-state index in [0.717, 1.165) is 51.4 Å². The second-order valence-corrected chi connectivity index (χ2v) is 14.0. The molecule has 0 aromatic heterocycles. The topological polar surface area (TPSA) is 119 Å². The second-order valence-electron chi connectivity index (χ2n) is 14.0. The number of allylic oxidation sites excluding steroid dienone is 5. The van der Waals surface area contributed by atoms with Gasteiger partial charge in [0.2, 0.25) is 5.91 Å². The van der Waals surface area contributed by atoms with E-state index in [-0.39, 0.29) is 18.0 Å². The van der Waals surface area contributed by atoms with Crippen molar-refractivity contribution in [2.24, 2.45) is 5.73 Å². The first-order valence-corrected chi connectivity index (χ1v) is 20.8. The van der Waals surface area contributed by atoms with Gasteiger partial charge in [0.15, 0.2) is 0 Å². The van der Waals surface area contributed by atoms with Gasteiger partial charge in [0.05, 0.1) is 0 Å². The fourth-order valence-electron chi connectivity index (χ4n) is 5.97. The Morgan fingerprint density at radius 1 is 0.600 bits per heavy atom. The predicted molar refractivity (Wildman–Crippen MR) is 211 cm³/mol. The number of ether oxygens (including phenoxy) is 1. The summed E-state index contributed by atoms with van der Waals surface area (Å²) >= 11 is 0. The predicted octanol–water partition coefficient (Wildman–Crippen LogP) is 11.4. The quantitative estimate of drug-likeness (QED) is 0.0337. The van der Waals surface area contributed by atoms with Crippen LogP contribution in [-0.4, -0.2) is 41.6 Å². The maximum Gasteiger partial charge on any atom is 0.326 e. The van der Waals surface area contributed by atoms with Crippen molar-refractivity contribution in [2.75, 3.05) is 6.54 Å². The number of nitrogens with one attached hydrogen (secondary N) is 1. The molecule has 7 heteroatoms. The molecule has 4 N–H and O–H groups in total. The number of carboxylic acids is 1. The Kier molecular flexibility index (Phi) is 36.0. The Balaban J connectivity index is 4.20. The van der Waals surface area contributed by atoms with Crippen molar-refractivity contribution in [3.8, 4) is 0 Å². The summed E-state index contributed by atoms with van der Waals surface area (Å²) in [6, 6.07) is -0.874. The Hall–Kier alpha value is -2.41. The molecule has 0 bridgehead atoms. The third-order valence-electron chi connectivity index (χ3n) is 9.16. The molecule has 0 rings (SSSR count). The van der Waals surface area contributed by atoms with Gasteiger partial charge >= 0.3 is 11.9 Å². The summed E-state index contributed by atoms with van der Waals surface area (Å²) in [5.41, 5.74) is 5.47. The molecule has 2 atom stereocenters. The van der Waals surface area contributed by atoms with Gasteiger partial charge in [0, 0.05) is 12.8 Å². The van der Waals surface area contributed by atoms with E-state index in [4.69, 9.17) is 10.5 Å². The second kappa shape index (κ2) is 37.8. The molecule has 0 fully saturated rings. The van der Waals surface area contributed by atoms with Gasteiger partial charge < -0.3 is 20.9 Å². The molecule has 0 aliphatic rings. The minimum Gasteiger partial charge on any atom is -0.480 e. The first-order chi connectivity index (χ1) is 24.4. The van der Waals surface area contributed by atoms with Crippen molar-refractivity contribution < 1.29 is 24.2 Å². The molecule has 7 nitrogen and oxygen atoms in total. The van der Waals surface area contributed by atoms with E-state index < -0.39 is 12.0 Å². The average Bonchev–Trinajstić information content (AvgIpc) is 3.10. The number of unbranched alkanes of at least 4 members (excludes halogenated alkanes) is 19. The third kappa shape index (κ3) is 34.1. The molecule has 0 saturated carbocycles. The van der Waals surface area contributed by atoms with Gasteiger partial charge in [-0.15, -0.1) is 0 Å². The molecule has 0 spiro atoms. The van der Waals surface area contributed by atoms with Crippen molar-refractivity contribution in [1.29, 1.82) is 0 Å². The summed E-state index contributed by atoms with van der Waals surface area (Å²) in [5, 5.41) is 11.9. The van der Waals surface area contributed by atoms with Crippen LogP contribution in [0.2, 0.25) is 0 Å². The van der Waals surface area contributed by atoms with Crippen LogP contribution in [0, 0.1) is 0 Å². The fourth-order valence-corrected chi connectivity index (χ4v) is 5.97. The Labute approximate surface area is 307 Å². The highest BCUT2D eigenvalue weighted by molar-refractivity contribution is 5.83. The van der Waals surface area contributed by atoms with E-state index in [1.54, 1.807) is 0 Å². The average molecular weight is 703 g/mol. The Morgan fingerprint density at radius 2 is 1.12 bits per heavy atom. The summed E-state index contributed by atoms with van der Waals surface area (Å²) in [4.78, 5) is 36.2. The first kappa shape index (κ1) is 47.6. The van der Waals surface area contributed by atoms with Crippen LogP contribution in [0.5, 0.6) is 0 Å². The van der Waals surface area contributed by atoms with Gasteiger partial charge in [0.25, 0.3) is 0 Å². The lowest BCUT2D eigenvalue weighted by molar-refractivity contribution is -0.147. The summed E-state index contributed by atoms with van der Waals surface area (Å²) in [6.07, 6.45) is 43.6. The Bertz CT molecular complexity index is 885. The van der Waals surface area contributed by atoms with E-state index in [0.29, 0.717) is 38.6 Å². The maximum absolute atomic E-state index is 12.7. The molecule has 1 amide bonds. The molecule has 0 saturated heterocycles. The van der Waals surface area contributed by atoms with Crippen LogP contribution in [0.3, 0.4) is 0 Å². The van der Waals surface area contributed by atoms with Gasteiger partial charge in [-0.25, -0.2) is 4.79 Å². The highest BCUT2D eigenvalue weighted by atomic mass is 16.5. The van der Waals surface area contributed by atoms with Crippen LogP contribution in [0.4, 0.5) is 0 Å². The van der Waals surface area contributed by atoms with Crippen molar-refractivity contribution in [2.45, 2.75) is 212 Å². The monoisotopic (exact) mass is 703 g/mol. The van der Waals surface area contributed by atoms with Gasteiger partial charge in [-0.05, 0) is 89.7 Å². The van der Waals surface area contributed by atoms with Crippen LogP contribution in [0.15, 0.2) is 36.5 Å². The number of esters is 1. The number of amides is 1. The number of carboxylic acid groups (broad SMARTS) is 1. The number of hydrogen-bond donors (Lipinski definition) is 3. The molecule has 290 valence electrons. The molecule has 0 aliphatic carbocycles. The van der Waals surface area contributed by atoms with E-state index in [1.165, 1.54) is 103 Å². The third-order valence-corrected chi connectivity index (χ3v) is 9.16. The number of aliphatic carboxylic acids is 1. The summed E-state index contributed by atoms with van der Waals surface area (Å²) in [5.74, 6) is -1.36. The van der Waals surface area contributed by atoms with Crippen LogP contribution in [0.25, 0.3) is 0 Å². The molecule has 0 aliphatic heterocycles. The normalized spacial score (nSPS) is 13.0. The maximum atomic E-state index is 12.7. The largest absolute Gasteiger partial charge is 0.480 e. The Morgan fingerprint density at radius 3 is 1.72 bits per heavy atom. The van der Waals surface area contributed by atoms with Gasteiger partial charge in [-0.1, -0.05) is 141 Å².